The van der Waals surface area contributed by atoms with Gasteiger partial charge in [-0.1, -0.05) is 116 Å². The van der Waals surface area contributed by atoms with E-state index in [1.165, 1.54) is 85.1 Å². The SMILES string of the molecule is C/C=C/C[C@@H](C)[C@@H](O)[C@H]1C(=O)N[C@@H](CC)C(=O)N(C)[C@H](C)C(=O)N(C)[C@@H]([C@@H](C)CN2CCN(S(C)(=O)=O)CC2)C(=O)C[C@@H](C(C)C)C(=O)N(C)[C@@H](CC(C)C)C(=O)C[C@@H](C)C(=O)C[C@H](C)C(=O)N(C)[C@@H](CC(C)C)C(=O)N(C)[C@@H](CC(C)C)C(=O)N(C)[C@@H](C(C)C)C(=O)N1C. The zero-order chi connectivity index (χ0) is 73.3. The van der Waals surface area contributed by atoms with E-state index in [4.69, 9.17) is 0 Å². The topological polar surface area (TPSA) is 283 Å². The van der Waals surface area contributed by atoms with Gasteiger partial charge in [0.2, 0.25) is 57.3 Å². The van der Waals surface area contributed by atoms with E-state index in [-0.39, 0.29) is 88.1 Å². The van der Waals surface area contributed by atoms with Crippen molar-refractivity contribution in [2.75, 3.05) is 88.3 Å². The smallest absolute Gasteiger partial charge is 0.246 e. The molecule has 2 rings (SSSR count). The first-order valence-electron chi connectivity index (χ1n) is 34.5. The second kappa shape index (κ2) is 37.9. The molecule has 95 heavy (non-hydrogen) atoms. The van der Waals surface area contributed by atoms with Crippen LogP contribution in [0.15, 0.2) is 12.2 Å². The van der Waals surface area contributed by atoms with Crippen molar-refractivity contribution in [2.24, 2.45) is 59.2 Å². The maximum absolute atomic E-state index is 15.3. The van der Waals surface area contributed by atoms with Crippen molar-refractivity contribution in [3.05, 3.63) is 12.2 Å². The van der Waals surface area contributed by atoms with Gasteiger partial charge in [0.15, 0.2) is 11.6 Å². The van der Waals surface area contributed by atoms with E-state index in [2.05, 4.69) is 5.32 Å². The van der Waals surface area contributed by atoms with E-state index >= 15 is 33.6 Å². The Bertz CT molecular complexity index is 2790. The number of Topliss-reactive ketones (excluding diaryl/α,β-unsaturated/α-hetero) is 3. The highest BCUT2D eigenvalue weighted by molar-refractivity contribution is 7.88. The number of nitrogens with one attached hydrogen (secondary N) is 1. The van der Waals surface area contributed by atoms with Gasteiger partial charge in [0, 0.05) is 119 Å². The third-order valence-electron chi connectivity index (χ3n) is 19.6. The predicted molar refractivity (Wildman–Crippen MR) is 369 cm³/mol. The minimum Gasteiger partial charge on any atom is -0.390 e. The Hall–Kier alpha value is -5.66. The summed E-state index contributed by atoms with van der Waals surface area (Å²) in [7, 11) is 6.63. The summed E-state index contributed by atoms with van der Waals surface area (Å²) in [5.74, 6) is -12.0. The van der Waals surface area contributed by atoms with Crippen LogP contribution in [0.1, 0.15) is 169 Å². The molecular formula is C70H124N10O14S. The van der Waals surface area contributed by atoms with Crippen LogP contribution in [0.3, 0.4) is 0 Å². The Labute approximate surface area is 570 Å². The number of aliphatic hydroxyl groups excluding tert-OH is 1. The van der Waals surface area contributed by atoms with Crippen LogP contribution in [0.25, 0.3) is 0 Å². The van der Waals surface area contributed by atoms with Crippen LogP contribution in [0.4, 0.5) is 0 Å². The first-order chi connectivity index (χ1) is 43.8. The predicted octanol–water partition coefficient (Wildman–Crippen LogP) is 5.10. The van der Waals surface area contributed by atoms with Crippen LogP contribution < -0.4 is 5.32 Å². The summed E-state index contributed by atoms with van der Waals surface area (Å²) in [6, 6.07) is -9.99. The molecule has 0 spiro atoms. The van der Waals surface area contributed by atoms with Crippen molar-refractivity contribution in [3.8, 4) is 0 Å². The highest BCUT2D eigenvalue weighted by Crippen LogP contribution is 2.30. The van der Waals surface area contributed by atoms with Gasteiger partial charge in [0.1, 0.15) is 42.0 Å². The van der Waals surface area contributed by atoms with Crippen molar-refractivity contribution >= 4 is 74.6 Å². The van der Waals surface area contributed by atoms with E-state index in [0.717, 1.165) is 16.1 Å². The second-order valence-electron chi connectivity index (χ2n) is 29.7. The fourth-order valence-electron chi connectivity index (χ4n) is 13.4. The quantitative estimate of drug-likeness (QED) is 0.179. The lowest BCUT2D eigenvalue weighted by Gasteiger charge is -2.41. The van der Waals surface area contributed by atoms with Crippen molar-refractivity contribution in [3.63, 3.8) is 0 Å². The summed E-state index contributed by atoms with van der Waals surface area (Å²) in [5, 5.41) is 15.0. The van der Waals surface area contributed by atoms with Crippen molar-refractivity contribution < 1.29 is 66.3 Å². The molecule has 0 aromatic carbocycles. The van der Waals surface area contributed by atoms with Gasteiger partial charge in [-0.15, -0.1) is 0 Å². The van der Waals surface area contributed by atoms with Crippen LogP contribution in [-0.2, 0) is 62.8 Å². The molecule has 544 valence electrons. The molecule has 0 unspecified atom stereocenters. The Morgan fingerprint density at radius 3 is 1.42 bits per heavy atom. The Morgan fingerprint density at radius 1 is 0.505 bits per heavy atom. The number of likely N-dealkylation sites (N-methyl/N-ethyl adjacent to an activating group) is 7. The molecule has 0 bridgehead atoms. The van der Waals surface area contributed by atoms with Gasteiger partial charge >= 0.3 is 0 Å². The Balaban J connectivity index is 3.06. The zero-order valence-electron chi connectivity index (χ0n) is 62.5. The fraction of sp³-hybridized carbons (Fsp3) is 0.814. The number of allylic oxidation sites excluding steroid dienone is 2. The molecule has 0 aromatic rings. The Kier molecular flexibility index (Phi) is 34.1. The highest BCUT2D eigenvalue weighted by Gasteiger charge is 2.47. The number of amides is 8. The van der Waals surface area contributed by atoms with Crippen molar-refractivity contribution in [1.82, 2.24) is 48.8 Å². The van der Waals surface area contributed by atoms with E-state index in [1.54, 1.807) is 81.4 Å². The summed E-state index contributed by atoms with van der Waals surface area (Å²) in [5.41, 5.74) is 0. The lowest BCUT2D eigenvalue weighted by atomic mass is 9.83. The minimum absolute atomic E-state index is 0.0127. The van der Waals surface area contributed by atoms with E-state index in [9.17, 15) is 32.7 Å². The molecule has 0 saturated carbocycles. The second-order valence-corrected chi connectivity index (χ2v) is 31.7. The highest BCUT2D eigenvalue weighted by atomic mass is 32.2. The summed E-state index contributed by atoms with van der Waals surface area (Å²) in [6.45, 7) is 31.3. The number of rotatable bonds is 17. The van der Waals surface area contributed by atoms with Crippen LogP contribution in [-0.4, -0.2) is 264 Å². The third kappa shape index (κ3) is 23.2. The molecule has 2 aliphatic rings. The van der Waals surface area contributed by atoms with Crippen LogP contribution in [0.5, 0.6) is 0 Å². The lowest BCUT2D eigenvalue weighted by molar-refractivity contribution is -0.157. The molecular weight excluding hydrogens is 1240 g/mol. The molecule has 2 fully saturated rings. The molecule has 0 aliphatic carbocycles. The van der Waals surface area contributed by atoms with Crippen molar-refractivity contribution in [2.45, 2.75) is 224 Å². The van der Waals surface area contributed by atoms with E-state index < -0.39 is 165 Å². The number of hydrogen-bond donors (Lipinski definition) is 2. The Morgan fingerprint density at radius 2 is 0.958 bits per heavy atom. The van der Waals surface area contributed by atoms with E-state index in [0.29, 0.717) is 19.5 Å². The largest absolute Gasteiger partial charge is 0.390 e. The number of ketones is 3. The summed E-state index contributed by atoms with van der Waals surface area (Å²) in [4.78, 5) is 175. The van der Waals surface area contributed by atoms with Crippen LogP contribution in [0, 0.1) is 59.2 Å². The number of hydrogen-bond acceptors (Lipinski definition) is 15. The summed E-state index contributed by atoms with van der Waals surface area (Å²) in [6.07, 6.45) is 3.13. The maximum Gasteiger partial charge on any atom is 0.246 e. The number of piperazine rings is 1. The lowest BCUT2D eigenvalue weighted by Crippen LogP contribution is -2.63. The van der Waals surface area contributed by atoms with Gasteiger partial charge in [-0.05, 0) is 87.4 Å². The average Bonchev–Trinajstić information content (AvgIpc) is 0.815. The average molecular weight is 1360 g/mol. The summed E-state index contributed by atoms with van der Waals surface area (Å²) < 4.78 is 26.3. The third-order valence-corrected chi connectivity index (χ3v) is 20.9. The van der Waals surface area contributed by atoms with Crippen LogP contribution in [0.2, 0.25) is 0 Å². The maximum atomic E-state index is 15.3. The molecule has 2 saturated heterocycles. The van der Waals surface area contributed by atoms with Crippen LogP contribution >= 0.6 is 0 Å². The van der Waals surface area contributed by atoms with Gasteiger partial charge in [-0.3, -0.25) is 52.7 Å². The molecule has 24 nitrogen and oxygen atoms in total. The van der Waals surface area contributed by atoms with Gasteiger partial charge in [-0.25, -0.2) is 8.42 Å². The van der Waals surface area contributed by atoms with Gasteiger partial charge < -0.3 is 49.6 Å². The van der Waals surface area contributed by atoms with Crippen molar-refractivity contribution in [1.29, 1.82) is 0 Å². The fourth-order valence-corrected chi connectivity index (χ4v) is 14.2. The number of carbonyl (C=O) groups excluding carboxylic acids is 11. The normalized spacial score (nSPS) is 28.2. The van der Waals surface area contributed by atoms with Gasteiger partial charge in [0.05, 0.1) is 24.4 Å². The zero-order valence-corrected chi connectivity index (χ0v) is 63.3. The van der Waals surface area contributed by atoms with Gasteiger partial charge in [-0.2, -0.15) is 4.31 Å². The molecule has 8 amide bonds. The monoisotopic (exact) mass is 1360 g/mol. The number of sulfonamides is 1. The molecule has 25 heteroatoms. The molecule has 2 N–H and O–H groups in total. The minimum atomic E-state index is -3.48. The molecule has 2 aliphatic heterocycles. The van der Waals surface area contributed by atoms with E-state index in [1.807, 2.05) is 46.4 Å². The number of nitrogens with zero attached hydrogens (tertiary/aromatic N) is 9. The molecule has 2 heterocycles. The molecule has 0 radical (unpaired) electrons. The first-order valence-corrected chi connectivity index (χ1v) is 36.4. The number of aliphatic hydroxyl groups is 1. The summed E-state index contributed by atoms with van der Waals surface area (Å²) >= 11 is 0. The first kappa shape index (κ1) is 85.4. The molecule has 14 atom stereocenters. The molecule has 0 aromatic heterocycles. The van der Waals surface area contributed by atoms with Gasteiger partial charge in [0.25, 0.3) is 0 Å². The number of carbonyl (C=O) groups is 11. The standard InChI is InChI=1S/C70H124N10O14S/c1-26-28-29-46(13)62(84)61-63(85)71-52(27-2)67(89)72(18)50(17)65(87)77(23)60(49(16)40-79-30-32-80(33-31-79)95(25,93)94)58(83)39-51(44(9)10)66(88)73(19)53(34-41(3)4)57(82)37-47(14)56(81)38-48(15)64(86)74(20)54(35-42(5)6)68(90)75(21)55(36-43(7)8)69(91)76(22)59(45(11)12)70(92)78(61)24/h26,28,41-55,59-62,84H,27,29-40H2,1-25H3,(H,71,85)/b28-26+/t46-,47-,48+,49+,50-,51+,52+,53+,54+,55+,59+,60+,61+,62-/m1/s1.